The quantitative estimate of drug-likeness (QED) is 0.150. The van der Waals surface area contributed by atoms with E-state index in [0.29, 0.717) is 11.1 Å². The minimum Gasteiger partial charge on any atom is -0.543 e. The Morgan fingerprint density at radius 2 is 1.27 bits per heavy atom. The van der Waals surface area contributed by atoms with Crippen molar-refractivity contribution in [2.75, 3.05) is 0 Å². The average molecular weight is 558 g/mol. The van der Waals surface area contributed by atoms with Gasteiger partial charge in [0.2, 0.25) is 0 Å². The van der Waals surface area contributed by atoms with E-state index in [1.54, 1.807) is 24.3 Å². The molecular formula is C20H18FeN6O10+2. The van der Waals surface area contributed by atoms with E-state index in [2.05, 4.69) is 29.9 Å². The Labute approximate surface area is 216 Å². The van der Waals surface area contributed by atoms with Gasteiger partial charge in [-0.25, -0.2) is 19.4 Å². The molecule has 0 amide bonds. The van der Waals surface area contributed by atoms with E-state index < -0.39 is 46.7 Å². The van der Waals surface area contributed by atoms with Gasteiger partial charge in [0.05, 0.1) is 17.4 Å². The molecule has 0 saturated carbocycles. The van der Waals surface area contributed by atoms with Gasteiger partial charge < -0.3 is 51.1 Å². The monoisotopic (exact) mass is 558 g/mol. The number of nitrogens with one attached hydrogen (secondary N) is 1. The van der Waals surface area contributed by atoms with Crippen LogP contribution in [0, 0.1) is 0 Å². The number of nitrogens with zero attached hydrogens (tertiary/aromatic N) is 5. The number of aromatic nitrogens is 6. The van der Waals surface area contributed by atoms with Crippen LogP contribution in [0.2, 0.25) is 0 Å². The molecular weight excluding hydrogens is 540 g/mol. The van der Waals surface area contributed by atoms with E-state index in [9.17, 15) is 24.3 Å². The standard InChI is InChI=1S/2C10H7N3O4.Fe.2H2O/c2*14-9(15)6-7(10(16)17)13-8(12-6)5-1-3-11-4-2-5;;;/h1-4H,(H,12,13)(H,14,15)(H,16,17);1-4H,(H3,11,12,13,14,15,16,17);;2*1H2/q;;+2;;. The Morgan fingerprint density at radius 1 is 0.757 bits per heavy atom. The zero-order chi connectivity index (χ0) is 24.8. The molecule has 16 nitrogen and oxygen atoms in total. The molecule has 4 aromatic heterocycles. The Bertz CT molecular complexity index is 1210. The molecule has 0 aliphatic rings. The molecule has 0 spiro atoms. The Kier molecular flexibility index (Phi) is 12.0. The Balaban J connectivity index is 0.000000648. The van der Waals surface area contributed by atoms with Crippen molar-refractivity contribution in [2.24, 2.45) is 0 Å². The van der Waals surface area contributed by atoms with Crippen LogP contribution in [0.4, 0.5) is 0 Å². The van der Waals surface area contributed by atoms with Gasteiger partial charge in [-0.05, 0) is 29.8 Å². The molecule has 0 radical (unpaired) electrons. The molecule has 0 aliphatic heterocycles. The fraction of sp³-hybridized carbons (Fsp3) is 0. The molecule has 0 unspecified atom stereocenters. The van der Waals surface area contributed by atoms with Gasteiger partial charge in [0, 0.05) is 30.4 Å². The van der Waals surface area contributed by atoms with Gasteiger partial charge in [-0.1, -0.05) is 5.82 Å². The molecule has 4 heterocycles. The zero-order valence-corrected chi connectivity index (χ0v) is 19.4. The summed E-state index contributed by atoms with van der Waals surface area (Å²) < 4.78 is 0. The Hall–Kier alpha value is -4.96. The number of carbonyl (C=O) groups excluding carboxylic acids is 1. The maximum Gasteiger partial charge on any atom is 2.00 e. The van der Waals surface area contributed by atoms with Crippen LogP contribution < -0.4 is 10.1 Å². The second kappa shape index (κ2) is 13.8. The van der Waals surface area contributed by atoms with Crippen LogP contribution in [0.5, 0.6) is 0 Å². The van der Waals surface area contributed by atoms with Crippen molar-refractivity contribution < 1.29 is 67.6 Å². The number of aromatic amines is 1. The van der Waals surface area contributed by atoms with E-state index in [1.165, 1.54) is 24.8 Å². The molecule has 17 heteroatoms. The molecule has 0 atom stereocenters. The number of carboxylic acid groups (broad SMARTS) is 4. The van der Waals surface area contributed by atoms with Crippen LogP contribution in [-0.2, 0) is 28.0 Å². The summed E-state index contributed by atoms with van der Waals surface area (Å²) in [5.74, 6) is -5.69. The van der Waals surface area contributed by atoms with Crippen molar-refractivity contribution in [1.29, 1.82) is 0 Å². The number of carboxylic acids is 4. The molecule has 37 heavy (non-hydrogen) atoms. The molecule has 0 aromatic carbocycles. The number of hydrogen-bond donors (Lipinski definition) is 4. The van der Waals surface area contributed by atoms with Crippen LogP contribution in [0.1, 0.15) is 42.0 Å². The van der Waals surface area contributed by atoms with Crippen molar-refractivity contribution >= 4 is 23.9 Å². The van der Waals surface area contributed by atoms with Crippen LogP contribution in [0.3, 0.4) is 0 Å². The van der Waals surface area contributed by atoms with Crippen LogP contribution in [0.15, 0.2) is 49.1 Å². The minimum absolute atomic E-state index is 0. The molecule has 4 aromatic rings. The summed E-state index contributed by atoms with van der Waals surface area (Å²) in [5, 5.41) is 37.1. The predicted octanol–water partition coefficient (Wildman–Crippen LogP) is -1.82. The van der Waals surface area contributed by atoms with Crippen molar-refractivity contribution in [3.63, 3.8) is 0 Å². The van der Waals surface area contributed by atoms with Gasteiger partial charge >= 0.3 is 35.0 Å². The van der Waals surface area contributed by atoms with E-state index in [4.69, 9.17) is 15.3 Å². The molecule has 0 aliphatic carbocycles. The SMILES string of the molecule is O=C(O)c1nc(-c2ccncc2)[n-]c1C(=O)O.O=C([O-])c1nc(-c2ccncc2)[nH]c1C(=O)O.[Fe+2].[OH3+].[OH3+]. The number of aromatic carboxylic acids is 4. The number of hydrogen-bond acceptors (Lipinski definition) is 9. The summed E-state index contributed by atoms with van der Waals surface area (Å²) in [6.07, 6.45) is 5.92. The van der Waals surface area contributed by atoms with Gasteiger partial charge in [0.25, 0.3) is 0 Å². The molecule has 0 saturated heterocycles. The van der Waals surface area contributed by atoms with E-state index in [0.717, 1.165) is 0 Å². The summed E-state index contributed by atoms with van der Waals surface area (Å²) in [7, 11) is 0. The summed E-state index contributed by atoms with van der Waals surface area (Å²) in [4.78, 5) is 64.1. The third kappa shape index (κ3) is 7.51. The van der Waals surface area contributed by atoms with Crippen molar-refractivity contribution in [3.05, 3.63) is 71.8 Å². The first kappa shape index (κ1) is 32.0. The van der Waals surface area contributed by atoms with Crippen LogP contribution in [-0.4, -0.2) is 64.1 Å². The number of imidazole rings is 2. The first-order chi connectivity index (χ1) is 16.2. The number of rotatable bonds is 6. The first-order valence-electron chi connectivity index (χ1n) is 9.05. The van der Waals surface area contributed by atoms with Crippen molar-refractivity contribution in [2.45, 2.75) is 0 Å². The van der Waals surface area contributed by atoms with Gasteiger partial charge in [0.1, 0.15) is 11.5 Å². The summed E-state index contributed by atoms with van der Waals surface area (Å²) in [6.45, 7) is 0. The molecule has 0 fully saturated rings. The van der Waals surface area contributed by atoms with Gasteiger partial charge in [-0.3, -0.25) is 9.97 Å². The summed E-state index contributed by atoms with van der Waals surface area (Å²) in [5.41, 5.74) is -1.21. The van der Waals surface area contributed by atoms with Crippen LogP contribution in [0.25, 0.3) is 22.8 Å². The minimum atomic E-state index is -1.64. The average Bonchev–Trinajstić information content (AvgIpc) is 3.47. The van der Waals surface area contributed by atoms with Crippen LogP contribution >= 0.6 is 0 Å². The summed E-state index contributed by atoms with van der Waals surface area (Å²) in [6, 6.07) is 6.27. The molecule has 0 bridgehead atoms. The Morgan fingerprint density at radius 3 is 1.65 bits per heavy atom. The molecule has 4 rings (SSSR count). The van der Waals surface area contributed by atoms with Crippen molar-refractivity contribution in [1.82, 2.24) is 29.9 Å². The van der Waals surface area contributed by atoms with Gasteiger partial charge in [0.15, 0.2) is 5.69 Å². The second-order valence-corrected chi connectivity index (χ2v) is 6.23. The largest absolute Gasteiger partial charge is 2.00 e. The first-order valence-corrected chi connectivity index (χ1v) is 9.05. The van der Waals surface area contributed by atoms with Gasteiger partial charge in [-0.2, -0.15) is 0 Å². The topological polar surface area (TPSA) is 299 Å². The third-order valence-corrected chi connectivity index (χ3v) is 4.07. The molecule has 194 valence electrons. The van der Waals surface area contributed by atoms with Gasteiger partial charge in [-0.15, -0.1) is 0 Å². The maximum absolute atomic E-state index is 10.8. The fourth-order valence-electron chi connectivity index (χ4n) is 2.59. The van der Waals surface area contributed by atoms with E-state index >= 15 is 0 Å². The number of pyridine rings is 2. The van der Waals surface area contributed by atoms with Crippen molar-refractivity contribution in [3.8, 4) is 22.8 Å². The number of carbonyl (C=O) groups is 4. The maximum atomic E-state index is 10.8. The number of H-pyrrole nitrogens is 1. The molecule has 10 N–H and O–H groups in total. The third-order valence-electron chi connectivity index (χ3n) is 4.07. The van der Waals surface area contributed by atoms with E-state index in [1.807, 2.05) is 0 Å². The van der Waals surface area contributed by atoms with E-state index in [-0.39, 0.29) is 39.7 Å². The fourth-order valence-corrected chi connectivity index (χ4v) is 2.59. The smallest absolute Gasteiger partial charge is 0.543 e. The summed E-state index contributed by atoms with van der Waals surface area (Å²) >= 11 is 0. The normalized spacial score (nSPS) is 9.30. The second-order valence-electron chi connectivity index (χ2n) is 6.23. The zero-order valence-electron chi connectivity index (χ0n) is 18.2. The predicted molar refractivity (Wildman–Crippen MR) is 118 cm³/mol.